The Bertz CT molecular complexity index is 413. The molecule has 2 unspecified atom stereocenters. The molecular formula is C15H21NO2. The highest BCUT2D eigenvalue weighted by Gasteiger charge is 2.20. The Hall–Kier alpha value is -1.35. The molecule has 0 saturated carbocycles. The summed E-state index contributed by atoms with van der Waals surface area (Å²) in [4.78, 5) is 13.4. The van der Waals surface area contributed by atoms with E-state index in [-0.39, 0.29) is 0 Å². The standard InChI is InChI=1S/C15H21NO2/c1-11-4-3-9-16(11)10-13-5-7-14(8-6-13)12(2)15(17)18/h5-8,11-12H,3-4,9-10H2,1-2H3,(H,17,18). The fourth-order valence-corrected chi connectivity index (χ4v) is 2.52. The molecule has 3 heteroatoms. The van der Waals surface area contributed by atoms with Gasteiger partial charge < -0.3 is 5.11 Å². The van der Waals surface area contributed by atoms with Crippen molar-refractivity contribution in [1.29, 1.82) is 0 Å². The van der Waals surface area contributed by atoms with Crippen molar-refractivity contribution in [2.45, 2.75) is 45.2 Å². The molecule has 1 saturated heterocycles. The topological polar surface area (TPSA) is 40.5 Å². The number of carboxylic acids is 1. The van der Waals surface area contributed by atoms with Gasteiger partial charge in [0.25, 0.3) is 0 Å². The van der Waals surface area contributed by atoms with Gasteiger partial charge in [-0.3, -0.25) is 9.69 Å². The van der Waals surface area contributed by atoms with E-state index in [4.69, 9.17) is 5.11 Å². The van der Waals surface area contributed by atoms with Gasteiger partial charge in [0.1, 0.15) is 0 Å². The molecule has 0 aliphatic carbocycles. The predicted octanol–water partition coefficient (Wildman–Crippen LogP) is 2.86. The van der Waals surface area contributed by atoms with Crippen LogP contribution in [0.1, 0.15) is 43.7 Å². The minimum atomic E-state index is -0.768. The van der Waals surface area contributed by atoms with E-state index in [9.17, 15) is 4.79 Å². The zero-order chi connectivity index (χ0) is 13.1. The summed E-state index contributed by atoms with van der Waals surface area (Å²) in [7, 11) is 0. The van der Waals surface area contributed by atoms with E-state index < -0.39 is 11.9 Å². The van der Waals surface area contributed by atoms with E-state index in [2.05, 4.69) is 24.0 Å². The number of rotatable bonds is 4. The highest BCUT2D eigenvalue weighted by Crippen LogP contribution is 2.21. The van der Waals surface area contributed by atoms with E-state index in [0.29, 0.717) is 6.04 Å². The van der Waals surface area contributed by atoms with Gasteiger partial charge in [-0.15, -0.1) is 0 Å². The van der Waals surface area contributed by atoms with Crippen LogP contribution in [0.5, 0.6) is 0 Å². The molecule has 1 aromatic carbocycles. The Morgan fingerprint density at radius 1 is 1.44 bits per heavy atom. The van der Waals surface area contributed by atoms with E-state index in [0.717, 1.165) is 12.1 Å². The number of carbonyl (C=O) groups is 1. The predicted molar refractivity (Wildman–Crippen MR) is 71.6 cm³/mol. The number of nitrogens with zero attached hydrogens (tertiary/aromatic N) is 1. The van der Waals surface area contributed by atoms with Crippen LogP contribution in [0.3, 0.4) is 0 Å². The van der Waals surface area contributed by atoms with Gasteiger partial charge in [0, 0.05) is 12.6 Å². The second kappa shape index (κ2) is 5.53. The van der Waals surface area contributed by atoms with Gasteiger partial charge in [0.05, 0.1) is 5.92 Å². The van der Waals surface area contributed by atoms with Crippen LogP contribution in [-0.2, 0) is 11.3 Å². The summed E-state index contributed by atoms with van der Waals surface area (Å²) in [6.07, 6.45) is 2.57. The van der Waals surface area contributed by atoms with Gasteiger partial charge in [-0.1, -0.05) is 24.3 Å². The molecule has 98 valence electrons. The van der Waals surface area contributed by atoms with E-state index in [1.807, 2.05) is 12.1 Å². The Morgan fingerprint density at radius 2 is 2.11 bits per heavy atom. The SMILES string of the molecule is CC(C(=O)O)c1ccc(CN2CCCC2C)cc1. The van der Waals surface area contributed by atoms with E-state index in [1.54, 1.807) is 6.92 Å². The van der Waals surface area contributed by atoms with Gasteiger partial charge in [-0.25, -0.2) is 0 Å². The third kappa shape index (κ3) is 2.91. The first-order chi connectivity index (χ1) is 8.58. The molecule has 0 aromatic heterocycles. The molecule has 1 fully saturated rings. The molecular weight excluding hydrogens is 226 g/mol. The summed E-state index contributed by atoms with van der Waals surface area (Å²) < 4.78 is 0. The first-order valence-corrected chi connectivity index (χ1v) is 6.63. The zero-order valence-electron chi connectivity index (χ0n) is 11.1. The van der Waals surface area contributed by atoms with Gasteiger partial charge in [0.15, 0.2) is 0 Å². The van der Waals surface area contributed by atoms with Gasteiger partial charge in [-0.05, 0) is 44.4 Å². The van der Waals surface area contributed by atoms with Gasteiger partial charge in [0.2, 0.25) is 0 Å². The molecule has 1 aromatic rings. The van der Waals surface area contributed by atoms with Gasteiger partial charge >= 0.3 is 5.97 Å². The van der Waals surface area contributed by atoms with Crippen molar-refractivity contribution < 1.29 is 9.90 Å². The average Bonchev–Trinajstić information content (AvgIpc) is 2.75. The Kier molecular flexibility index (Phi) is 4.02. The van der Waals surface area contributed by atoms with Crippen molar-refractivity contribution in [3.05, 3.63) is 35.4 Å². The normalized spacial score (nSPS) is 22.0. The van der Waals surface area contributed by atoms with E-state index in [1.165, 1.54) is 24.9 Å². The second-order valence-corrected chi connectivity index (χ2v) is 5.26. The van der Waals surface area contributed by atoms with Crippen molar-refractivity contribution in [2.75, 3.05) is 6.54 Å². The summed E-state index contributed by atoms with van der Waals surface area (Å²) in [5.41, 5.74) is 2.14. The number of hydrogen-bond acceptors (Lipinski definition) is 2. The maximum atomic E-state index is 10.9. The largest absolute Gasteiger partial charge is 0.481 e. The molecule has 18 heavy (non-hydrogen) atoms. The van der Waals surface area contributed by atoms with Crippen molar-refractivity contribution in [3.63, 3.8) is 0 Å². The molecule has 1 N–H and O–H groups in total. The van der Waals surface area contributed by atoms with Crippen LogP contribution in [0, 0.1) is 0 Å². The molecule has 2 rings (SSSR count). The molecule has 1 heterocycles. The first-order valence-electron chi connectivity index (χ1n) is 6.63. The van der Waals surface area contributed by atoms with Crippen molar-refractivity contribution >= 4 is 5.97 Å². The number of aliphatic carboxylic acids is 1. The summed E-state index contributed by atoms with van der Waals surface area (Å²) in [6.45, 7) is 6.14. The Labute approximate surface area is 108 Å². The number of likely N-dealkylation sites (tertiary alicyclic amines) is 1. The van der Waals surface area contributed by atoms with Crippen LogP contribution in [-0.4, -0.2) is 28.6 Å². The lowest BCUT2D eigenvalue weighted by Crippen LogP contribution is -2.26. The molecule has 0 spiro atoms. The molecule has 0 radical (unpaired) electrons. The molecule has 0 bridgehead atoms. The summed E-state index contributed by atoms with van der Waals surface area (Å²) in [5, 5.41) is 8.96. The minimum absolute atomic E-state index is 0.426. The summed E-state index contributed by atoms with van der Waals surface area (Å²) in [5.74, 6) is -1.19. The van der Waals surface area contributed by atoms with Crippen LogP contribution < -0.4 is 0 Å². The Morgan fingerprint density at radius 3 is 2.61 bits per heavy atom. The van der Waals surface area contributed by atoms with Crippen LogP contribution >= 0.6 is 0 Å². The smallest absolute Gasteiger partial charge is 0.310 e. The molecule has 1 aliphatic heterocycles. The minimum Gasteiger partial charge on any atom is -0.481 e. The lowest BCUT2D eigenvalue weighted by Gasteiger charge is -2.21. The van der Waals surface area contributed by atoms with Crippen LogP contribution in [0.15, 0.2) is 24.3 Å². The third-order valence-electron chi connectivity index (χ3n) is 3.93. The monoisotopic (exact) mass is 247 g/mol. The highest BCUT2D eigenvalue weighted by molar-refractivity contribution is 5.75. The van der Waals surface area contributed by atoms with Crippen LogP contribution in [0.4, 0.5) is 0 Å². The lowest BCUT2D eigenvalue weighted by molar-refractivity contribution is -0.138. The molecule has 0 amide bonds. The fourth-order valence-electron chi connectivity index (χ4n) is 2.52. The number of carboxylic acid groups (broad SMARTS) is 1. The zero-order valence-corrected chi connectivity index (χ0v) is 11.1. The molecule has 2 atom stereocenters. The van der Waals surface area contributed by atoms with Crippen LogP contribution in [0.2, 0.25) is 0 Å². The van der Waals surface area contributed by atoms with Crippen LogP contribution in [0.25, 0.3) is 0 Å². The molecule has 3 nitrogen and oxygen atoms in total. The quantitative estimate of drug-likeness (QED) is 0.889. The number of benzene rings is 1. The fraction of sp³-hybridized carbons (Fsp3) is 0.533. The lowest BCUT2D eigenvalue weighted by atomic mass is 10.00. The Balaban J connectivity index is 2.01. The summed E-state index contributed by atoms with van der Waals surface area (Å²) >= 11 is 0. The van der Waals surface area contributed by atoms with Crippen molar-refractivity contribution in [1.82, 2.24) is 4.90 Å². The maximum absolute atomic E-state index is 10.9. The average molecular weight is 247 g/mol. The maximum Gasteiger partial charge on any atom is 0.310 e. The first kappa shape index (κ1) is 13.1. The van der Waals surface area contributed by atoms with E-state index >= 15 is 0 Å². The van der Waals surface area contributed by atoms with Crippen molar-refractivity contribution in [2.24, 2.45) is 0 Å². The highest BCUT2D eigenvalue weighted by atomic mass is 16.4. The summed E-state index contributed by atoms with van der Waals surface area (Å²) in [6, 6.07) is 8.66. The van der Waals surface area contributed by atoms with Gasteiger partial charge in [-0.2, -0.15) is 0 Å². The van der Waals surface area contributed by atoms with Crippen molar-refractivity contribution in [3.8, 4) is 0 Å². The third-order valence-corrected chi connectivity index (χ3v) is 3.93. The second-order valence-electron chi connectivity index (χ2n) is 5.26. The number of hydrogen-bond donors (Lipinski definition) is 1. The molecule has 1 aliphatic rings.